The van der Waals surface area contributed by atoms with Gasteiger partial charge >= 0.3 is 0 Å². The molecular formula is C13H13IN2O2. The summed E-state index contributed by atoms with van der Waals surface area (Å²) in [6.07, 6.45) is 1.58. The van der Waals surface area contributed by atoms with Crippen LogP contribution in [0.15, 0.2) is 30.5 Å². The minimum atomic E-state index is -0.0591. The van der Waals surface area contributed by atoms with Gasteiger partial charge in [0.05, 0.1) is 13.3 Å². The molecule has 0 amide bonds. The number of hydrogen-bond donors (Lipinski definition) is 0. The molecule has 1 heterocycles. The first kappa shape index (κ1) is 13.1. The second kappa shape index (κ2) is 5.51. The van der Waals surface area contributed by atoms with Crippen LogP contribution in [-0.2, 0) is 6.54 Å². The first-order chi connectivity index (χ1) is 8.69. The van der Waals surface area contributed by atoms with E-state index in [0.29, 0.717) is 23.6 Å². The maximum Gasteiger partial charge on any atom is 0.215 e. The van der Waals surface area contributed by atoms with Gasteiger partial charge in [0.25, 0.3) is 0 Å². The number of ether oxygens (including phenoxy) is 1. The summed E-state index contributed by atoms with van der Waals surface area (Å²) >= 11 is 2.16. The van der Waals surface area contributed by atoms with Gasteiger partial charge < -0.3 is 4.74 Å². The summed E-state index contributed by atoms with van der Waals surface area (Å²) in [7, 11) is 1.55. The molecule has 94 valence electrons. The number of aromatic nitrogens is 2. The van der Waals surface area contributed by atoms with E-state index in [0.717, 1.165) is 3.57 Å². The van der Waals surface area contributed by atoms with Crippen molar-refractivity contribution in [2.24, 2.45) is 0 Å². The Hall–Kier alpha value is -1.37. The van der Waals surface area contributed by atoms with Crippen LogP contribution in [0.4, 0.5) is 0 Å². The molecule has 0 saturated heterocycles. The normalized spacial score (nSPS) is 10.4. The van der Waals surface area contributed by atoms with Crippen molar-refractivity contribution in [3.8, 4) is 5.75 Å². The molecule has 5 heteroatoms. The highest BCUT2D eigenvalue weighted by Crippen LogP contribution is 2.23. The molecule has 2 rings (SSSR count). The molecule has 18 heavy (non-hydrogen) atoms. The lowest BCUT2D eigenvalue weighted by Gasteiger charge is -2.07. The average Bonchev–Trinajstić information content (AvgIpc) is 2.81. The van der Waals surface area contributed by atoms with Crippen molar-refractivity contribution in [2.75, 3.05) is 7.11 Å². The monoisotopic (exact) mass is 356 g/mol. The highest BCUT2D eigenvalue weighted by Gasteiger charge is 2.21. The van der Waals surface area contributed by atoms with Gasteiger partial charge in [-0.25, -0.2) is 0 Å². The van der Waals surface area contributed by atoms with E-state index >= 15 is 0 Å². The predicted octanol–water partition coefficient (Wildman–Crippen LogP) is 2.75. The molecule has 0 aliphatic heterocycles. The standard InChI is InChI=1S/C13H13IN2O2/c1-3-16-12(11(18-2)8-15-16)13(17)9-6-4-5-7-10(9)14/h4-8H,3H2,1-2H3. The third-order valence-electron chi connectivity index (χ3n) is 2.66. The number of carbonyl (C=O) groups excluding carboxylic acids is 1. The fraction of sp³-hybridized carbons (Fsp3) is 0.231. The molecule has 0 saturated carbocycles. The first-order valence-corrected chi connectivity index (χ1v) is 6.66. The molecule has 0 bridgehead atoms. The van der Waals surface area contributed by atoms with Gasteiger partial charge in [0, 0.05) is 15.7 Å². The molecule has 4 nitrogen and oxygen atoms in total. The SMILES string of the molecule is CCn1ncc(OC)c1C(=O)c1ccccc1I. The Kier molecular flexibility index (Phi) is 4.00. The van der Waals surface area contributed by atoms with Gasteiger partial charge in [0.1, 0.15) is 0 Å². The van der Waals surface area contributed by atoms with E-state index in [2.05, 4.69) is 27.7 Å². The van der Waals surface area contributed by atoms with Crippen LogP contribution in [0.25, 0.3) is 0 Å². The van der Waals surface area contributed by atoms with Crippen LogP contribution in [0.2, 0.25) is 0 Å². The number of methoxy groups -OCH3 is 1. The number of ketones is 1. The van der Waals surface area contributed by atoms with Crippen LogP contribution in [0, 0.1) is 3.57 Å². The van der Waals surface area contributed by atoms with Gasteiger partial charge in [-0.3, -0.25) is 9.48 Å². The largest absolute Gasteiger partial charge is 0.493 e. The fourth-order valence-electron chi connectivity index (χ4n) is 1.76. The van der Waals surface area contributed by atoms with Crippen LogP contribution in [-0.4, -0.2) is 22.7 Å². The zero-order valence-electron chi connectivity index (χ0n) is 10.2. The number of hydrogen-bond acceptors (Lipinski definition) is 3. The Morgan fingerprint density at radius 3 is 2.78 bits per heavy atom. The van der Waals surface area contributed by atoms with Gasteiger partial charge in [-0.15, -0.1) is 0 Å². The van der Waals surface area contributed by atoms with Crippen LogP contribution in [0.3, 0.4) is 0 Å². The van der Waals surface area contributed by atoms with Gasteiger partial charge in [-0.05, 0) is 41.6 Å². The highest BCUT2D eigenvalue weighted by molar-refractivity contribution is 14.1. The number of rotatable bonds is 4. The van der Waals surface area contributed by atoms with Crippen molar-refractivity contribution in [2.45, 2.75) is 13.5 Å². The van der Waals surface area contributed by atoms with E-state index in [4.69, 9.17) is 4.74 Å². The van der Waals surface area contributed by atoms with Crippen LogP contribution in [0.1, 0.15) is 23.0 Å². The molecule has 1 aromatic heterocycles. The molecule has 0 N–H and O–H groups in total. The maximum atomic E-state index is 12.5. The van der Waals surface area contributed by atoms with Gasteiger partial charge in [0.15, 0.2) is 11.4 Å². The number of nitrogens with zero attached hydrogens (tertiary/aromatic N) is 2. The van der Waals surface area contributed by atoms with E-state index in [1.807, 2.05) is 31.2 Å². The number of carbonyl (C=O) groups is 1. The molecule has 0 aliphatic carbocycles. The highest BCUT2D eigenvalue weighted by atomic mass is 127. The van der Waals surface area contributed by atoms with E-state index in [9.17, 15) is 4.79 Å². The van der Waals surface area contributed by atoms with E-state index in [-0.39, 0.29) is 5.78 Å². The van der Waals surface area contributed by atoms with Crippen molar-refractivity contribution >= 4 is 28.4 Å². The van der Waals surface area contributed by atoms with Crippen LogP contribution < -0.4 is 4.74 Å². The van der Waals surface area contributed by atoms with Gasteiger partial charge in [-0.1, -0.05) is 12.1 Å². The minimum absolute atomic E-state index is 0.0591. The molecule has 1 aromatic carbocycles. The summed E-state index contributed by atoms with van der Waals surface area (Å²) in [5, 5.41) is 4.15. The summed E-state index contributed by atoms with van der Waals surface area (Å²) in [5.41, 5.74) is 1.18. The molecule has 0 radical (unpaired) electrons. The second-order valence-electron chi connectivity index (χ2n) is 3.69. The van der Waals surface area contributed by atoms with Gasteiger partial charge in [0.2, 0.25) is 5.78 Å². The van der Waals surface area contributed by atoms with E-state index < -0.39 is 0 Å². The molecular weight excluding hydrogens is 343 g/mol. The van der Waals surface area contributed by atoms with E-state index in [1.165, 1.54) is 0 Å². The van der Waals surface area contributed by atoms with Gasteiger partial charge in [-0.2, -0.15) is 5.10 Å². The molecule has 0 fully saturated rings. The average molecular weight is 356 g/mol. The summed E-state index contributed by atoms with van der Waals surface area (Å²) in [6.45, 7) is 2.58. The molecule has 0 spiro atoms. The predicted molar refractivity (Wildman–Crippen MR) is 77.0 cm³/mol. The smallest absolute Gasteiger partial charge is 0.215 e. The van der Waals surface area contributed by atoms with Crippen molar-refractivity contribution in [1.82, 2.24) is 9.78 Å². The zero-order chi connectivity index (χ0) is 13.1. The summed E-state index contributed by atoms with van der Waals surface area (Å²) in [6, 6.07) is 7.49. The lowest BCUT2D eigenvalue weighted by atomic mass is 10.1. The van der Waals surface area contributed by atoms with Crippen molar-refractivity contribution in [1.29, 1.82) is 0 Å². The maximum absolute atomic E-state index is 12.5. The Balaban J connectivity index is 2.52. The summed E-state index contributed by atoms with van der Waals surface area (Å²) in [5.74, 6) is 0.456. The Morgan fingerprint density at radius 1 is 1.44 bits per heavy atom. The van der Waals surface area contributed by atoms with Crippen LogP contribution in [0.5, 0.6) is 5.75 Å². The summed E-state index contributed by atoms with van der Waals surface area (Å²) in [4.78, 5) is 12.5. The second-order valence-corrected chi connectivity index (χ2v) is 4.85. The number of halogens is 1. The zero-order valence-corrected chi connectivity index (χ0v) is 12.3. The topological polar surface area (TPSA) is 44.1 Å². The Bertz CT molecular complexity index is 557. The Morgan fingerprint density at radius 2 is 2.17 bits per heavy atom. The summed E-state index contributed by atoms with van der Waals surface area (Å²) < 4.78 is 7.78. The first-order valence-electron chi connectivity index (χ1n) is 5.58. The Labute approximate surface area is 119 Å². The number of aryl methyl sites for hydroxylation is 1. The molecule has 2 aromatic rings. The quantitative estimate of drug-likeness (QED) is 0.625. The van der Waals surface area contributed by atoms with Crippen molar-refractivity contribution in [3.63, 3.8) is 0 Å². The fourth-order valence-corrected chi connectivity index (χ4v) is 2.39. The third-order valence-corrected chi connectivity index (χ3v) is 3.60. The van der Waals surface area contributed by atoms with Crippen molar-refractivity contribution < 1.29 is 9.53 Å². The molecule has 0 atom stereocenters. The lowest BCUT2D eigenvalue weighted by molar-refractivity contribution is 0.102. The molecule has 0 aliphatic rings. The third kappa shape index (κ3) is 2.27. The minimum Gasteiger partial charge on any atom is -0.493 e. The van der Waals surface area contributed by atoms with Crippen LogP contribution >= 0.6 is 22.6 Å². The molecule has 0 unspecified atom stereocenters. The number of benzene rings is 1. The lowest BCUT2D eigenvalue weighted by Crippen LogP contribution is -2.12. The van der Waals surface area contributed by atoms with Crippen molar-refractivity contribution in [3.05, 3.63) is 45.3 Å². The van der Waals surface area contributed by atoms with E-state index in [1.54, 1.807) is 18.0 Å².